The van der Waals surface area contributed by atoms with Crippen LogP contribution in [0.15, 0.2) is 42.7 Å². The van der Waals surface area contributed by atoms with Gasteiger partial charge in [0.2, 0.25) is 5.91 Å². The van der Waals surface area contributed by atoms with Gasteiger partial charge >= 0.3 is 0 Å². The lowest BCUT2D eigenvalue weighted by Gasteiger charge is -2.17. The summed E-state index contributed by atoms with van der Waals surface area (Å²) in [5.41, 5.74) is 8.58. The Hall–Kier alpha value is -2.69. The van der Waals surface area contributed by atoms with Gasteiger partial charge in [-0.1, -0.05) is 12.1 Å². The average Bonchev–Trinajstić information content (AvgIpc) is 3.03. The van der Waals surface area contributed by atoms with E-state index in [1.165, 1.54) is 0 Å². The van der Waals surface area contributed by atoms with Gasteiger partial charge in [0, 0.05) is 31.0 Å². The maximum Gasteiger partial charge on any atom is 0.255 e. The first kappa shape index (κ1) is 16.2. The largest absolute Gasteiger partial charge is 0.366 e. The minimum absolute atomic E-state index is 0.0413. The molecule has 5 heteroatoms. The predicted molar refractivity (Wildman–Crippen MR) is 91.6 cm³/mol. The van der Waals surface area contributed by atoms with Gasteiger partial charge < -0.3 is 10.6 Å². The van der Waals surface area contributed by atoms with E-state index in [0.717, 1.165) is 37.1 Å². The van der Waals surface area contributed by atoms with Crippen molar-refractivity contribution in [3.05, 3.63) is 65.0 Å². The van der Waals surface area contributed by atoms with Crippen molar-refractivity contribution in [2.75, 3.05) is 13.1 Å². The summed E-state index contributed by atoms with van der Waals surface area (Å²) in [6, 6.07) is 9.30. The van der Waals surface area contributed by atoms with Crippen molar-refractivity contribution in [3.8, 4) is 0 Å². The predicted octanol–water partition coefficient (Wildman–Crippen LogP) is 2.19. The zero-order valence-corrected chi connectivity index (χ0v) is 13.7. The standard InChI is InChI=1S/C19H21N3O2/c1-13-7-17(11-21-10-13)19(24)22-6-5-15(12-22)8-14-3-2-4-16(9-14)18(20)23/h2-4,7,9-11,15H,5-6,8,12H2,1H3,(H2,20,23)/t15-/m1/s1. The lowest BCUT2D eigenvalue weighted by Crippen LogP contribution is -2.29. The van der Waals surface area contributed by atoms with Crippen LogP contribution in [-0.2, 0) is 6.42 Å². The summed E-state index contributed by atoms with van der Waals surface area (Å²) < 4.78 is 0. The second-order valence-corrected chi connectivity index (χ2v) is 6.43. The first-order chi connectivity index (χ1) is 11.5. The van der Waals surface area contributed by atoms with E-state index in [2.05, 4.69) is 4.98 Å². The number of pyridine rings is 1. The molecule has 0 saturated carbocycles. The van der Waals surface area contributed by atoms with Crippen molar-refractivity contribution in [3.63, 3.8) is 0 Å². The highest BCUT2D eigenvalue weighted by Gasteiger charge is 2.27. The Morgan fingerprint density at radius 2 is 2.08 bits per heavy atom. The summed E-state index contributed by atoms with van der Waals surface area (Å²) >= 11 is 0. The van der Waals surface area contributed by atoms with E-state index >= 15 is 0 Å². The first-order valence-corrected chi connectivity index (χ1v) is 8.12. The third-order valence-electron chi connectivity index (χ3n) is 4.43. The molecule has 0 unspecified atom stereocenters. The number of benzene rings is 1. The molecule has 0 spiro atoms. The maximum absolute atomic E-state index is 12.6. The van der Waals surface area contributed by atoms with Gasteiger partial charge in [-0.2, -0.15) is 0 Å². The number of aromatic nitrogens is 1. The number of amides is 2. The van der Waals surface area contributed by atoms with E-state index in [1.54, 1.807) is 18.5 Å². The third-order valence-corrected chi connectivity index (χ3v) is 4.43. The van der Waals surface area contributed by atoms with Gasteiger partial charge in [-0.3, -0.25) is 14.6 Å². The van der Waals surface area contributed by atoms with Crippen molar-refractivity contribution < 1.29 is 9.59 Å². The molecular weight excluding hydrogens is 302 g/mol. The molecule has 1 atom stereocenters. The van der Waals surface area contributed by atoms with Crippen LogP contribution in [-0.4, -0.2) is 34.8 Å². The fourth-order valence-electron chi connectivity index (χ4n) is 3.22. The second-order valence-electron chi connectivity index (χ2n) is 6.43. The topological polar surface area (TPSA) is 76.3 Å². The highest BCUT2D eigenvalue weighted by molar-refractivity contribution is 5.94. The number of hydrogen-bond acceptors (Lipinski definition) is 3. The summed E-state index contributed by atoms with van der Waals surface area (Å²) in [5.74, 6) is 0.0291. The van der Waals surface area contributed by atoms with E-state index in [4.69, 9.17) is 5.73 Å². The van der Waals surface area contributed by atoms with E-state index in [0.29, 0.717) is 17.0 Å². The quantitative estimate of drug-likeness (QED) is 0.937. The van der Waals surface area contributed by atoms with Crippen molar-refractivity contribution in [1.82, 2.24) is 9.88 Å². The number of rotatable bonds is 4. The molecule has 0 bridgehead atoms. The van der Waals surface area contributed by atoms with Crippen LogP contribution < -0.4 is 5.73 Å². The Morgan fingerprint density at radius 1 is 1.25 bits per heavy atom. The van der Waals surface area contributed by atoms with E-state index < -0.39 is 5.91 Å². The maximum atomic E-state index is 12.6. The molecule has 2 amide bonds. The third kappa shape index (κ3) is 3.62. The molecule has 1 aliphatic rings. The van der Waals surface area contributed by atoms with Gasteiger partial charge in [0.1, 0.15) is 0 Å². The summed E-state index contributed by atoms with van der Waals surface area (Å²) in [5, 5.41) is 0. The summed E-state index contributed by atoms with van der Waals surface area (Å²) in [6.07, 6.45) is 5.18. The Kier molecular flexibility index (Phi) is 4.60. The number of aryl methyl sites for hydroxylation is 1. The van der Waals surface area contributed by atoms with Crippen LogP contribution in [0.4, 0.5) is 0 Å². The lowest BCUT2D eigenvalue weighted by atomic mass is 9.97. The van der Waals surface area contributed by atoms with Gasteiger partial charge in [-0.05, 0) is 55.0 Å². The fourth-order valence-corrected chi connectivity index (χ4v) is 3.22. The minimum Gasteiger partial charge on any atom is -0.366 e. The number of likely N-dealkylation sites (tertiary alicyclic amines) is 1. The Bertz CT molecular complexity index is 773. The minimum atomic E-state index is -0.410. The fraction of sp³-hybridized carbons (Fsp3) is 0.316. The zero-order valence-electron chi connectivity index (χ0n) is 13.7. The first-order valence-electron chi connectivity index (χ1n) is 8.12. The van der Waals surface area contributed by atoms with Gasteiger partial charge in [-0.15, -0.1) is 0 Å². The molecule has 124 valence electrons. The normalized spacial score (nSPS) is 17.0. The zero-order chi connectivity index (χ0) is 17.1. The molecule has 2 heterocycles. The van der Waals surface area contributed by atoms with Crippen LogP contribution in [0.3, 0.4) is 0 Å². The Morgan fingerprint density at radius 3 is 2.83 bits per heavy atom. The summed E-state index contributed by atoms with van der Waals surface area (Å²) in [6.45, 7) is 3.42. The molecule has 5 nitrogen and oxygen atoms in total. The Balaban J connectivity index is 1.64. The van der Waals surface area contributed by atoms with Gasteiger partial charge in [0.05, 0.1) is 5.56 Å². The van der Waals surface area contributed by atoms with Crippen LogP contribution in [0.5, 0.6) is 0 Å². The van der Waals surface area contributed by atoms with Crippen LogP contribution >= 0.6 is 0 Å². The van der Waals surface area contributed by atoms with Crippen LogP contribution in [0.2, 0.25) is 0 Å². The van der Waals surface area contributed by atoms with Crippen molar-refractivity contribution in [2.45, 2.75) is 19.8 Å². The second kappa shape index (κ2) is 6.83. The number of hydrogen-bond donors (Lipinski definition) is 1. The molecule has 1 aliphatic heterocycles. The highest BCUT2D eigenvalue weighted by Crippen LogP contribution is 2.23. The average molecular weight is 323 g/mol. The van der Waals surface area contributed by atoms with Crippen molar-refractivity contribution >= 4 is 11.8 Å². The van der Waals surface area contributed by atoms with Gasteiger partial charge in [0.25, 0.3) is 5.91 Å². The lowest BCUT2D eigenvalue weighted by molar-refractivity contribution is 0.0786. The number of carbonyl (C=O) groups excluding carboxylic acids is 2. The highest BCUT2D eigenvalue weighted by atomic mass is 16.2. The molecular formula is C19H21N3O2. The van der Waals surface area contributed by atoms with E-state index in [9.17, 15) is 9.59 Å². The number of nitrogens with zero attached hydrogens (tertiary/aromatic N) is 2. The molecule has 2 aromatic rings. The molecule has 24 heavy (non-hydrogen) atoms. The van der Waals surface area contributed by atoms with Crippen LogP contribution in [0.25, 0.3) is 0 Å². The molecule has 0 aliphatic carbocycles. The number of nitrogens with two attached hydrogens (primary N) is 1. The molecule has 3 rings (SSSR count). The number of carbonyl (C=O) groups is 2. The number of primary amides is 1. The van der Waals surface area contributed by atoms with Crippen molar-refractivity contribution in [2.24, 2.45) is 11.7 Å². The van der Waals surface area contributed by atoms with Gasteiger partial charge in [0.15, 0.2) is 0 Å². The molecule has 1 saturated heterocycles. The van der Waals surface area contributed by atoms with Crippen LogP contribution in [0, 0.1) is 12.8 Å². The molecule has 2 N–H and O–H groups in total. The van der Waals surface area contributed by atoms with Crippen LogP contribution in [0.1, 0.15) is 38.3 Å². The summed E-state index contributed by atoms with van der Waals surface area (Å²) in [7, 11) is 0. The monoisotopic (exact) mass is 323 g/mol. The van der Waals surface area contributed by atoms with E-state index in [-0.39, 0.29) is 5.91 Å². The SMILES string of the molecule is Cc1cncc(C(=O)N2CC[C@H](Cc3cccc(C(N)=O)c3)C2)c1. The molecule has 1 aromatic heterocycles. The Labute approximate surface area is 141 Å². The van der Waals surface area contributed by atoms with E-state index in [1.807, 2.05) is 36.1 Å². The molecule has 0 radical (unpaired) electrons. The summed E-state index contributed by atoms with van der Waals surface area (Å²) in [4.78, 5) is 29.8. The smallest absolute Gasteiger partial charge is 0.255 e. The molecule has 1 aromatic carbocycles. The van der Waals surface area contributed by atoms with Gasteiger partial charge in [-0.25, -0.2) is 0 Å². The van der Waals surface area contributed by atoms with Crippen molar-refractivity contribution in [1.29, 1.82) is 0 Å². The molecule has 1 fully saturated rings.